The first-order valence-electron chi connectivity index (χ1n) is 9.65. The summed E-state index contributed by atoms with van der Waals surface area (Å²) in [6, 6.07) is 7.14. The van der Waals surface area contributed by atoms with Crippen LogP contribution in [0.3, 0.4) is 0 Å². The van der Waals surface area contributed by atoms with Gasteiger partial charge in [0.15, 0.2) is 6.61 Å². The normalized spacial score (nSPS) is 15.1. The number of nitrogens with zero attached hydrogens (tertiary/aromatic N) is 6. The molecule has 1 aliphatic rings. The fourth-order valence-electron chi connectivity index (χ4n) is 3.50. The summed E-state index contributed by atoms with van der Waals surface area (Å²) >= 11 is 0. The summed E-state index contributed by atoms with van der Waals surface area (Å²) in [4.78, 5) is 28.8. The summed E-state index contributed by atoms with van der Waals surface area (Å²) < 4.78 is 31.8. The number of hydrogen-bond donors (Lipinski definition) is 0. The minimum Gasteiger partial charge on any atom is -0.471 e. The molecule has 0 aliphatic carbocycles. The van der Waals surface area contributed by atoms with Crippen LogP contribution in [-0.2, 0) is 13.6 Å². The zero-order valence-corrected chi connectivity index (χ0v) is 16.5. The van der Waals surface area contributed by atoms with Gasteiger partial charge in [-0.25, -0.2) is 23.7 Å². The summed E-state index contributed by atoms with van der Waals surface area (Å²) in [6.45, 7) is 3.09. The first kappa shape index (κ1) is 20.1. The molecule has 8 nitrogen and oxygen atoms in total. The molecule has 0 atom stereocenters. The summed E-state index contributed by atoms with van der Waals surface area (Å²) in [5.41, 5.74) is 1.54. The van der Waals surface area contributed by atoms with E-state index in [9.17, 15) is 13.6 Å². The van der Waals surface area contributed by atoms with Crippen molar-refractivity contribution in [1.82, 2.24) is 24.4 Å². The summed E-state index contributed by atoms with van der Waals surface area (Å²) in [6.07, 6.45) is 0.288. The molecule has 0 amide bonds. The smallest absolute Gasteiger partial charge is 0.272 e. The maximum absolute atomic E-state index is 12.5. The molecule has 0 spiro atoms. The van der Waals surface area contributed by atoms with Crippen LogP contribution in [0.5, 0.6) is 5.88 Å². The van der Waals surface area contributed by atoms with Gasteiger partial charge < -0.3 is 9.64 Å². The Morgan fingerprint density at radius 3 is 2.67 bits per heavy atom. The Labute approximate surface area is 171 Å². The molecule has 1 fully saturated rings. The van der Waals surface area contributed by atoms with Crippen molar-refractivity contribution in [1.29, 1.82) is 0 Å². The van der Waals surface area contributed by atoms with Gasteiger partial charge in [0.25, 0.3) is 12.0 Å². The van der Waals surface area contributed by atoms with Crippen LogP contribution in [0.15, 0.2) is 41.6 Å². The van der Waals surface area contributed by atoms with E-state index in [1.54, 1.807) is 17.8 Å². The topological polar surface area (TPSA) is 76.4 Å². The SMILES string of the molecule is Cn1c(CN2CCN(c3ccc4ncnc(OCC(F)F)c4c3)CC2)nccc1=O. The van der Waals surface area contributed by atoms with Crippen molar-refractivity contribution in [3.8, 4) is 5.88 Å². The number of piperazine rings is 1. The standard InChI is InChI=1S/C20H22F2N6O2/c1-26-18(23-5-4-19(26)29)11-27-6-8-28(9-7-27)14-2-3-16-15(10-14)20(25-13-24-16)30-12-17(21)22/h2-5,10,13,17H,6-9,11-12H2,1H3. The molecular formula is C20H22F2N6O2. The number of anilines is 1. The molecule has 3 heterocycles. The minimum atomic E-state index is -2.56. The monoisotopic (exact) mass is 416 g/mol. The lowest BCUT2D eigenvalue weighted by Gasteiger charge is -2.36. The molecule has 0 radical (unpaired) electrons. The highest BCUT2D eigenvalue weighted by Crippen LogP contribution is 2.27. The lowest BCUT2D eigenvalue weighted by atomic mass is 10.2. The van der Waals surface area contributed by atoms with E-state index in [4.69, 9.17) is 4.74 Å². The van der Waals surface area contributed by atoms with E-state index in [0.717, 1.165) is 37.7 Å². The molecular weight excluding hydrogens is 394 g/mol. The van der Waals surface area contributed by atoms with Crippen molar-refractivity contribution in [2.45, 2.75) is 13.0 Å². The van der Waals surface area contributed by atoms with E-state index in [1.807, 2.05) is 18.2 Å². The molecule has 0 N–H and O–H groups in total. The number of hydrogen-bond acceptors (Lipinski definition) is 7. The third kappa shape index (κ3) is 4.38. The Hall–Kier alpha value is -3.14. The van der Waals surface area contributed by atoms with E-state index < -0.39 is 13.0 Å². The summed E-state index contributed by atoms with van der Waals surface area (Å²) in [7, 11) is 1.73. The fourth-order valence-corrected chi connectivity index (χ4v) is 3.50. The number of fused-ring (bicyclic) bond motifs is 1. The first-order chi connectivity index (χ1) is 14.5. The maximum atomic E-state index is 12.5. The number of halogens is 2. The van der Waals surface area contributed by atoms with Gasteiger partial charge in [-0.15, -0.1) is 0 Å². The average Bonchev–Trinajstić information content (AvgIpc) is 2.75. The Morgan fingerprint density at radius 2 is 1.90 bits per heavy atom. The second kappa shape index (κ2) is 8.70. The molecule has 1 aliphatic heterocycles. The molecule has 10 heteroatoms. The second-order valence-corrected chi connectivity index (χ2v) is 7.10. The van der Waals surface area contributed by atoms with Gasteiger partial charge in [0.2, 0.25) is 5.88 Å². The highest BCUT2D eigenvalue weighted by molar-refractivity contribution is 5.86. The molecule has 158 valence electrons. The number of benzene rings is 1. The summed E-state index contributed by atoms with van der Waals surface area (Å²) in [5, 5.41) is 0.613. The van der Waals surface area contributed by atoms with Crippen molar-refractivity contribution in [3.05, 3.63) is 53.0 Å². The number of ether oxygens (including phenoxy) is 1. The highest BCUT2D eigenvalue weighted by atomic mass is 19.3. The van der Waals surface area contributed by atoms with Crippen molar-refractivity contribution < 1.29 is 13.5 Å². The molecule has 0 saturated carbocycles. The van der Waals surface area contributed by atoms with Crippen molar-refractivity contribution in [2.75, 3.05) is 37.7 Å². The lowest BCUT2D eigenvalue weighted by molar-refractivity contribution is 0.0804. The second-order valence-electron chi connectivity index (χ2n) is 7.10. The Balaban J connectivity index is 1.46. The molecule has 30 heavy (non-hydrogen) atoms. The average molecular weight is 416 g/mol. The first-order valence-corrected chi connectivity index (χ1v) is 9.65. The quantitative estimate of drug-likeness (QED) is 0.605. The lowest BCUT2D eigenvalue weighted by Crippen LogP contribution is -2.46. The number of rotatable bonds is 6. The van der Waals surface area contributed by atoms with Crippen LogP contribution in [0.4, 0.5) is 14.5 Å². The van der Waals surface area contributed by atoms with Crippen LogP contribution >= 0.6 is 0 Å². The van der Waals surface area contributed by atoms with E-state index in [2.05, 4.69) is 24.8 Å². The van der Waals surface area contributed by atoms with E-state index in [0.29, 0.717) is 17.4 Å². The van der Waals surface area contributed by atoms with Crippen molar-refractivity contribution >= 4 is 16.6 Å². The van der Waals surface area contributed by atoms with E-state index >= 15 is 0 Å². The third-order valence-electron chi connectivity index (χ3n) is 5.19. The van der Waals surface area contributed by atoms with Gasteiger partial charge in [0, 0.05) is 51.2 Å². The Morgan fingerprint density at radius 1 is 1.10 bits per heavy atom. The van der Waals surface area contributed by atoms with Gasteiger partial charge in [0.05, 0.1) is 17.4 Å². The summed E-state index contributed by atoms with van der Waals surface area (Å²) in [5.74, 6) is 0.900. The molecule has 1 saturated heterocycles. The van der Waals surface area contributed by atoms with E-state index in [1.165, 1.54) is 12.4 Å². The van der Waals surface area contributed by atoms with Crippen LogP contribution in [0.2, 0.25) is 0 Å². The molecule has 2 aromatic heterocycles. The van der Waals surface area contributed by atoms with Crippen LogP contribution in [0.1, 0.15) is 5.82 Å². The predicted octanol–water partition coefficient (Wildman–Crippen LogP) is 1.69. The van der Waals surface area contributed by atoms with Gasteiger partial charge >= 0.3 is 0 Å². The zero-order valence-electron chi connectivity index (χ0n) is 16.5. The van der Waals surface area contributed by atoms with Crippen molar-refractivity contribution in [3.63, 3.8) is 0 Å². The fraction of sp³-hybridized carbons (Fsp3) is 0.400. The minimum absolute atomic E-state index is 0.0677. The number of alkyl halides is 2. The van der Waals surface area contributed by atoms with Gasteiger partial charge in [-0.2, -0.15) is 0 Å². The van der Waals surface area contributed by atoms with Crippen LogP contribution in [-0.4, -0.2) is 63.6 Å². The van der Waals surface area contributed by atoms with Gasteiger partial charge in [-0.05, 0) is 18.2 Å². The Bertz CT molecular complexity index is 1080. The molecule has 1 aromatic carbocycles. The van der Waals surface area contributed by atoms with Crippen LogP contribution in [0.25, 0.3) is 10.9 Å². The maximum Gasteiger partial charge on any atom is 0.272 e. The predicted molar refractivity (Wildman–Crippen MR) is 108 cm³/mol. The molecule has 3 aromatic rings. The number of aromatic nitrogens is 4. The van der Waals surface area contributed by atoms with Crippen LogP contribution < -0.4 is 15.2 Å². The molecule has 0 bridgehead atoms. The van der Waals surface area contributed by atoms with Gasteiger partial charge in [-0.1, -0.05) is 0 Å². The largest absolute Gasteiger partial charge is 0.471 e. The van der Waals surface area contributed by atoms with E-state index in [-0.39, 0.29) is 11.4 Å². The Kier molecular flexibility index (Phi) is 5.84. The highest BCUT2D eigenvalue weighted by Gasteiger charge is 2.19. The van der Waals surface area contributed by atoms with Crippen molar-refractivity contribution in [2.24, 2.45) is 7.05 Å². The zero-order chi connectivity index (χ0) is 21.1. The third-order valence-corrected chi connectivity index (χ3v) is 5.19. The molecule has 0 unspecified atom stereocenters. The van der Waals surface area contributed by atoms with Gasteiger partial charge in [0.1, 0.15) is 12.2 Å². The van der Waals surface area contributed by atoms with Gasteiger partial charge in [-0.3, -0.25) is 14.3 Å². The van der Waals surface area contributed by atoms with Crippen LogP contribution in [0, 0.1) is 0 Å². The molecule has 4 rings (SSSR count).